The van der Waals surface area contributed by atoms with Crippen molar-refractivity contribution in [3.05, 3.63) is 70.3 Å². The van der Waals surface area contributed by atoms with Gasteiger partial charge >= 0.3 is 6.18 Å². The molecule has 0 N–H and O–H groups in total. The van der Waals surface area contributed by atoms with Crippen molar-refractivity contribution in [1.29, 1.82) is 0 Å². The van der Waals surface area contributed by atoms with Crippen LogP contribution in [-0.2, 0) is 6.18 Å². The quantitative estimate of drug-likeness (QED) is 0.468. The number of halogens is 6. The Hall–Kier alpha value is -1.43. The number of alkyl halides is 4. The molecule has 0 aromatic heterocycles. The molecule has 0 heterocycles. The van der Waals surface area contributed by atoms with Crippen LogP contribution in [0, 0.1) is 18.6 Å². The Morgan fingerprint density at radius 1 is 0.952 bits per heavy atom. The second kappa shape index (κ2) is 5.75. The molecular weight excluding hydrogens is 355 g/mol. The number of rotatable bonds is 2. The smallest absolute Gasteiger partial charge is 0.207 e. The maximum absolute atomic E-state index is 13.8. The average Bonchev–Trinajstić information content (AvgIpc) is 2.41. The molecule has 0 bridgehead atoms. The van der Waals surface area contributed by atoms with Crippen molar-refractivity contribution < 1.29 is 22.0 Å². The maximum atomic E-state index is 13.8. The third-order valence-corrected chi connectivity index (χ3v) is 4.10. The first-order chi connectivity index (χ1) is 9.70. The zero-order valence-corrected chi connectivity index (χ0v) is 12.4. The summed E-state index contributed by atoms with van der Waals surface area (Å²) in [5.41, 5.74) is 0.117. The van der Waals surface area contributed by atoms with Gasteiger partial charge in [0.15, 0.2) is 0 Å². The van der Waals surface area contributed by atoms with Crippen molar-refractivity contribution in [1.82, 2.24) is 0 Å². The molecule has 0 fully saturated rings. The Balaban J connectivity index is 2.36. The van der Waals surface area contributed by atoms with Crippen LogP contribution < -0.4 is 0 Å². The molecule has 2 aromatic carbocycles. The maximum Gasteiger partial charge on any atom is 0.416 e. The highest BCUT2D eigenvalue weighted by molar-refractivity contribution is 9.09. The SMILES string of the molecule is Cc1cc(C(Br)c2ccc(C(F)(F)F)cc2)c(F)cc1F. The minimum atomic E-state index is -4.42. The van der Waals surface area contributed by atoms with Crippen LogP contribution in [0.4, 0.5) is 22.0 Å². The molecule has 112 valence electrons. The van der Waals surface area contributed by atoms with Gasteiger partial charge in [-0.2, -0.15) is 13.2 Å². The molecule has 0 aliphatic carbocycles. The zero-order chi connectivity index (χ0) is 15.8. The highest BCUT2D eigenvalue weighted by atomic mass is 79.9. The van der Waals surface area contributed by atoms with Crippen molar-refractivity contribution in [2.75, 3.05) is 0 Å². The summed E-state index contributed by atoms with van der Waals surface area (Å²) in [6.07, 6.45) is -4.42. The van der Waals surface area contributed by atoms with E-state index in [0.29, 0.717) is 5.56 Å². The molecule has 0 nitrogen and oxygen atoms in total. The van der Waals surface area contributed by atoms with E-state index in [0.717, 1.165) is 18.2 Å². The standard InChI is InChI=1S/C15H10BrF5/c1-8-6-11(13(18)7-12(8)17)14(16)9-2-4-10(5-3-9)15(19,20)21/h2-7,14H,1H3. The monoisotopic (exact) mass is 364 g/mol. The fourth-order valence-corrected chi connectivity index (χ4v) is 2.55. The molecule has 1 atom stereocenters. The number of aryl methyl sites for hydroxylation is 1. The van der Waals surface area contributed by atoms with E-state index in [4.69, 9.17) is 0 Å². The molecule has 6 heteroatoms. The van der Waals surface area contributed by atoms with Crippen LogP contribution in [0.2, 0.25) is 0 Å². The van der Waals surface area contributed by atoms with Crippen LogP contribution in [0.25, 0.3) is 0 Å². The van der Waals surface area contributed by atoms with E-state index in [1.54, 1.807) is 0 Å². The van der Waals surface area contributed by atoms with E-state index in [1.165, 1.54) is 25.1 Å². The molecule has 0 saturated carbocycles. The average molecular weight is 365 g/mol. The highest BCUT2D eigenvalue weighted by Gasteiger charge is 2.30. The first kappa shape index (κ1) is 15.9. The Morgan fingerprint density at radius 3 is 2.05 bits per heavy atom. The van der Waals surface area contributed by atoms with Gasteiger partial charge in [-0.15, -0.1) is 0 Å². The molecule has 1 unspecified atom stereocenters. The van der Waals surface area contributed by atoms with E-state index in [2.05, 4.69) is 15.9 Å². The number of benzene rings is 2. The molecule has 0 aliphatic rings. The van der Waals surface area contributed by atoms with Crippen molar-refractivity contribution >= 4 is 15.9 Å². The van der Waals surface area contributed by atoms with Gasteiger partial charge in [0.1, 0.15) is 11.6 Å². The molecular formula is C15H10BrF5. The molecule has 0 saturated heterocycles. The fraction of sp³-hybridized carbons (Fsp3) is 0.200. The summed E-state index contributed by atoms with van der Waals surface area (Å²) in [6.45, 7) is 1.49. The Morgan fingerprint density at radius 2 is 1.52 bits per heavy atom. The van der Waals surface area contributed by atoms with Gasteiger partial charge in [-0.25, -0.2) is 8.78 Å². The third-order valence-electron chi connectivity index (χ3n) is 3.08. The predicted octanol–water partition coefficient (Wildman–Crippen LogP) is 5.78. The lowest BCUT2D eigenvalue weighted by Gasteiger charge is -2.14. The molecule has 0 amide bonds. The summed E-state index contributed by atoms with van der Waals surface area (Å²) >= 11 is 3.23. The van der Waals surface area contributed by atoms with Gasteiger partial charge in [0, 0.05) is 11.6 Å². The third kappa shape index (κ3) is 3.43. The first-order valence-electron chi connectivity index (χ1n) is 5.97. The first-order valence-corrected chi connectivity index (χ1v) is 6.88. The second-order valence-electron chi connectivity index (χ2n) is 4.61. The molecule has 0 spiro atoms. The van der Waals surface area contributed by atoms with Gasteiger partial charge < -0.3 is 0 Å². The zero-order valence-electron chi connectivity index (χ0n) is 10.8. The number of hydrogen-bond donors (Lipinski definition) is 0. The Kier molecular flexibility index (Phi) is 4.37. The lowest BCUT2D eigenvalue weighted by Crippen LogP contribution is -2.05. The van der Waals surface area contributed by atoms with Crippen molar-refractivity contribution in [2.45, 2.75) is 17.9 Å². The summed E-state index contributed by atoms with van der Waals surface area (Å²) in [5, 5.41) is 0. The van der Waals surface area contributed by atoms with E-state index < -0.39 is 28.2 Å². The summed E-state index contributed by atoms with van der Waals surface area (Å²) in [5.74, 6) is -1.41. The van der Waals surface area contributed by atoms with Gasteiger partial charge in [0.05, 0.1) is 10.4 Å². The minimum Gasteiger partial charge on any atom is -0.207 e. The predicted molar refractivity (Wildman–Crippen MR) is 73.3 cm³/mol. The number of hydrogen-bond acceptors (Lipinski definition) is 0. The van der Waals surface area contributed by atoms with Gasteiger partial charge in [0.2, 0.25) is 0 Å². The largest absolute Gasteiger partial charge is 0.416 e. The van der Waals surface area contributed by atoms with Crippen molar-refractivity contribution in [3.8, 4) is 0 Å². The molecule has 21 heavy (non-hydrogen) atoms. The van der Waals surface area contributed by atoms with Crippen LogP contribution in [0.3, 0.4) is 0 Å². The van der Waals surface area contributed by atoms with Gasteiger partial charge in [-0.3, -0.25) is 0 Å². The Bertz CT molecular complexity index is 646. The minimum absolute atomic E-state index is 0.175. The van der Waals surface area contributed by atoms with Crippen LogP contribution in [0.1, 0.15) is 27.1 Å². The van der Waals surface area contributed by atoms with Gasteiger partial charge in [-0.05, 0) is 36.2 Å². The summed E-state index contributed by atoms with van der Waals surface area (Å²) in [4.78, 5) is -0.654. The molecule has 0 aliphatic heterocycles. The van der Waals surface area contributed by atoms with Crippen molar-refractivity contribution in [3.63, 3.8) is 0 Å². The van der Waals surface area contributed by atoms with E-state index in [1.807, 2.05) is 0 Å². The van der Waals surface area contributed by atoms with Crippen molar-refractivity contribution in [2.24, 2.45) is 0 Å². The second-order valence-corrected chi connectivity index (χ2v) is 5.52. The highest BCUT2D eigenvalue weighted by Crippen LogP contribution is 2.35. The van der Waals surface area contributed by atoms with E-state index >= 15 is 0 Å². The normalized spacial score (nSPS) is 13.3. The van der Waals surface area contributed by atoms with E-state index in [9.17, 15) is 22.0 Å². The van der Waals surface area contributed by atoms with E-state index in [-0.39, 0.29) is 11.1 Å². The lowest BCUT2D eigenvalue weighted by atomic mass is 10.0. The van der Waals surface area contributed by atoms with Crippen LogP contribution in [-0.4, -0.2) is 0 Å². The molecule has 0 radical (unpaired) electrons. The summed E-state index contributed by atoms with van der Waals surface area (Å²) in [7, 11) is 0. The summed E-state index contributed by atoms with van der Waals surface area (Å²) < 4.78 is 64.5. The van der Waals surface area contributed by atoms with Crippen LogP contribution >= 0.6 is 15.9 Å². The molecule has 2 rings (SSSR count). The van der Waals surface area contributed by atoms with Crippen LogP contribution in [0.15, 0.2) is 36.4 Å². The summed E-state index contributed by atoms with van der Waals surface area (Å²) in [6, 6.07) is 6.49. The Labute approximate surface area is 126 Å². The fourth-order valence-electron chi connectivity index (χ4n) is 1.89. The lowest BCUT2D eigenvalue weighted by molar-refractivity contribution is -0.137. The molecule has 2 aromatic rings. The van der Waals surface area contributed by atoms with Gasteiger partial charge in [-0.1, -0.05) is 28.1 Å². The van der Waals surface area contributed by atoms with Gasteiger partial charge in [0.25, 0.3) is 0 Å². The topological polar surface area (TPSA) is 0 Å². The van der Waals surface area contributed by atoms with Crippen LogP contribution in [0.5, 0.6) is 0 Å².